The first-order valence-corrected chi connectivity index (χ1v) is 4.29. The van der Waals surface area contributed by atoms with Crippen molar-refractivity contribution in [1.82, 2.24) is 0 Å². The highest BCUT2D eigenvalue weighted by molar-refractivity contribution is 6.07. The fourth-order valence-electron chi connectivity index (χ4n) is 1.63. The Morgan fingerprint density at radius 1 is 1.00 bits per heavy atom. The number of rotatable bonds is 0. The van der Waals surface area contributed by atoms with Crippen molar-refractivity contribution >= 4 is 27.8 Å². The molecule has 0 aromatic heterocycles. The smallest absolute Gasteiger partial charge is 0.0648 e. The highest BCUT2D eigenvalue weighted by atomic mass is 14.7. The molecule has 0 fully saturated rings. The van der Waals surface area contributed by atoms with Crippen LogP contribution in [0.4, 0.5) is 17.1 Å². The van der Waals surface area contributed by atoms with Crippen molar-refractivity contribution in [2.24, 2.45) is 0 Å². The number of nitrogen functional groups attached to an aromatic ring is 3. The molecule has 71 valence electrons. The van der Waals surface area contributed by atoms with E-state index in [-0.39, 0.29) is 0 Å². The van der Waals surface area contributed by atoms with Crippen LogP contribution in [-0.4, -0.2) is 0 Å². The normalized spacial score (nSPS) is 10.6. The standard InChI is InChI=1S/C11H12N3/c1-6-5-9(13)11(14)10-7(6)3-2-4-8(10)12/h2-5H,1,12-14H2. The molecule has 0 unspecified atom stereocenters. The van der Waals surface area contributed by atoms with Crippen molar-refractivity contribution in [1.29, 1.82) is 0 Å². The molecule has 2 rings (SSSR count). The summed E-state index contributed by atoms with van der Waals surface area (Å²) in [4.78, 5) is 0. The SMILES string of the molecule is [CH2]c1cc(N)c(N)c2c(N)cccc12. The summed E-state index contributed by atoms with van der Waals surface area (Å²) >= 11 is 0. The Labute approximate surface area is 82.5 Å². The van der Waals surface area contributed by atoms with Crippen LogP contribution in [0, 0.1) is 6.92 Å². The van der Waals surface area contributed by atoms with Gasteiger partial charge in [0, 0.05) is 11.1 Å². The van der Waals surface area contributed by atoms with Gasteiger partial charge in [-0.2, -0.15) is 0 Å². The third-order valence-electron chi connectivity index (χ3n) is 2.35. The third kappa shape index (κ3) is 1.06. The quantitative estimate of drug-likeness (QED) is 0.548. The lowest BCUT2D eigenvalue weighted by molar-refractivity contribution is 1.64. The van der Waals surface area contributed by atoms with Crippen LogP contribution in [0.5, 0.6) is 0 Å². The number of hydrogen-bond acceptors (Lipinski definition) is 3. The number of anilines is 3. The maximum atomic E-state index is 5.86. The zero-order chi connectivity index (χ0) is 10.3. The lowest BCUT2D eigenvalue weighted by atomic mass is 10.0. The Balaban J connectivity index is 3.03. The van der Waals surface area contributed by atoms with E-state index in [0.29, 0.717) is 17.1 Å². The van der Waals surface area contributed by atoms with Crippen molar-refractivity contribution in [3.8, 4) is 0 Å². The summed E-state index contributed by atoms with van der Waals surface area (Å²) in [6.07, 6.45) is 0. The van der Waals surface area contributed by atoms with Crippen molar-refractivity contribution in [2.75, 3.05) is 17.2 Å². The summed E-state index contributed by atoms with van der Waals surface area (Å²) in [6, 6.07) is 7.38. The topological polar surface area (TPSA) is 78.1 Å². The van der Waals surface area contributed by atoms with E-state index in [1.165, 1.54) is 0 Å². The second-order valence-electron chi connectivity index (χ2n) is 3.31. The number of fused-ring (bicyclic) bond motifs is 1. The minimum Gasteiger partial charge on any atom is -0.398 e. The van der Waals surface area contributed by atoms with Gasteiger partial charge in [0.15, 0.2) is 0 Å². The van der Waals surface area contributed by atoms with Crippen LogP contribution in [0.15, 0.2) is 24.3 Å². The fourth-order valence-corrected chi connectivity index (χ4v) is 1.63. The summed E-state index contributed by atoms with van der Waals surface area (Å²) in [7, 11) is 0. The lowest BCUT2D eigenvalue weighted by Crippen LogP contribution is -1.99. The van der Waals surface area contributed by atoms with E-state index < -0.39 is 0 Å². The average molecular weight is 186 g/mol. The molecule has 0 bridgehead atoms. The van der Waals surface area contributed by atoms with E-state index >= 15 is 0 Å². The van der Waals surface area contributed by atoms with Gasteiger partial charge in [-0.1, -0.05) is 12.1 Å². The average Bonchev–Trinajstić information content (AvgIpc) is 2.14. The summed E-state index contributed by atoms with van der Waals surface area (Å²) in [6.45, 7) is 3.90. The molecule has 3 heteroatoms. The van der Waals surface area contributed by atoms with Gasteiger partial charge < -0.3 is 17.2 Å². The van der Waals surface area contributed by atoms with E-state index in [0.717, 1.165) is 16.3 Å². The Morgan fingerprint density at radius 2 is 1.71 bits per heavy atom. The summed E-state index contributed by atoms with van der Waals surface area (Å²) < 4.78 is 0. The van der Waals surface area contributed by atoms with Gasteiger partial charge in [-0.15, -0.1) is 0 Å². The molecule has 0 saturated heterocycles. The van der Waals surface area contributed by atoms with Gasteiger partial charge in [-0.05, 0) is 30.0 Å². The molecular weight excluding hydrogens is 174 g/mol. The lowest BCUT2D eigenvalue weighted by Gasteiger charge is -2.10. The highest BCUT2D eigenvalue weighted by Gasteiger charge is 2.07. The first-order valence-electron chi connectivity index (χ1n) is 4.29. The van der Waals surface area contributed by atoms with Crippen LogP contribution in [0.2, 0.25) is 0 Å². The van der Waals surface area contributed by atoms with Crippen LogP contribution < -0.4 is 17.2 Å². The molecule has 6 N–H and O–H groups in total. The molecule has 0 aliphatic carbocycles. The van der Waals surface area contributed by atoms with Crippen molar-refractivity contribution in [2.45, 2.75) is 0 Å². The van der Waals surface area contributed by atoms with E-state index in [2.05, 4.69) is 6.92 Å². The van der Waals surface area contributed by atoms with E-state index in [1.807, 2.05) is 12.1 Å². The maximum absolute atomic E-state index is 5.86. The zero-order valence-corrected chi connectivity index (χ0v) is 7.75. The van der Waals surface area contributed by atoms with Crippen molar-refractivity contribution < 1.29 is 0 Å². The molecular formula is C11H12N3. The third-order valence-corrected chi connectivity index (χ3v) is 2.35. The second kappa shape index (κ2) is 2.80. The fraction of sp³-hybridized carbons (Fsp3) is 0. The minimum absolute atomic E-state index is 0.528. The largest absolute Gasteiger partial charge is 0.398 e. The van der Waals surface area contributed by atoms with Gasteiger partial charge in [0.25, 0.3) is 0 Å². The van der Waals surface area contributed by atoms with Crippen LogP contribution in [0.25, 0.3) is 10.8 Å². The molecule has 14 heavy (non-hydrogen) atoms. The Kier molecular flexibility index (Phi) is 1.74. The van der Waals surface area contributed by atoms with Crippen LogP contribution in [0.3, 0.4) is 0 Å². The molecule has 2 aromatic carbocycles. The van der Waals surface area contributed by atoms with Crippen molar-refractivity contribution in [3.05, 3.63) is 36.8 Å². The molecule has 2 aromatic rings. The number of nitrogens with two attached hydrogens (primary N) is 3. The Hall–Kier alpha value is -1.90. The van der Waals surface area contributed by atoms with Gasteiger partial charge in [-0.3, -0.25) is 0 Å². The zero-order valence-electron chi connectivity index (χ0n) is 7.75. The predicted molar refractivity (Wildman–Crippen MR) is 61.6 cm³/mol. The Bertz CT molecular complexity index is 503. The van der Waals surface area contributed by atoms with E-state index in [1.54, 1.807) is 12.1 Å². The van der Waals surface area contributed by atoms with Gasteiger partial charge >= 0.3 is 0 Å². The molecule has 0 saturated carbocycles. The van der Waals surface area contributed by atoms with Gasteiger partial charge in [0.05, 0.1) is 11.4 Å². The highest BCUT2D eigenvalue weighted by Crippen LogP contribution is 2.33. The minimum atomic E-state index is 0.528. The molecule has 1 radical (unpaired) electrons. The molecule has 0 spiro atoms. The predicted octanol–water partition coefficient (Wildman–Crippen LogP) is 1.77. The van der Waals surface area contributed by atoms with E-state index in [4.69, 9.17) is 17.2 Å². The molecule has 0 amide bonds. The van der Waals surface area contributed by atoms with Crippen LogP contribution in [0.1, 0.15) is 5.56 Å². The monoisotopic (exact) mass is 186 g/mol. The molecule has 0 heterocycles. The maximum Gasteiger partial charge on any atom is 0.0648 e. The van der Waals surface area contributed by atoms with Gasteiger partial charge in [0.1, 0.15) is 0 Å². The first-order chi connectivity index (χ1) is 6.61. The molecule has 0 atom stereocenters. The van der Waals surface area contributed by atoms with Gasteiger partial charge in [-0.25, -0.2) is 0 Å². The number of hydrogen-bond donors (Lipinski definition) is 3. The van der Waals surface area contributed by atoms with Crippen LogP contribution in [-0.2, 0) is 0 Å². The van der Waals surface area contributed by atoms with E-state index in [9.17, 15) is 0 Å². The molecule has 3 nitrogen and oxygen atoms in total. The second-order valence-corrected chi connectivity index (χ2v) is 3.31. The molecule has 0 aliphatic rings. The number of benzene rings is 2. The van der Waals surface area contributed by atoms with Crippen LogP contribution >= 0.6 is 0 Å². The molecule has 0 aliphatic heterocycles. The summed E-state index contributed by atoms with van der Waals surface area (Å²) in [5.41, 5.74) is 20.0. The van der Waals surface area contributed by atoms with Gasteiger partial charge in [0.2, 0.25) is 0 Å². The summed E-state index contributed by atoms with van der Waals surface area (Å²) in [5.74, 6) is 0. The summed E-state index contributed by atoms with van der Waals surface area (Å²) in [5, 5.41) is 1.76. The first kappa shape index (κ1) is 8.69. The Morgan fingerprint density at radius 3 is 2.43 bits per heavy atom. The van der Waals surface area contributed by atoms with Crippen molar-refractivity contribution in [3.63, 3.8) is 0 Å².